The minimum absolute atomic E-state index is 0.0861. The molecule has 0 atom stereocenters. The molecule has 1 aliphatic heterocycles. The van der Waals surface area contributed by atoms with E-state index in [2.05, 4.69) is 37.6 Å². The first-order chi connectivity index (χ1) is 15.7. The van der Waals surface area contributed by atoms with E-state index >= 15 is 0 Å². The Hall–Kier alpha value is -3.69. The molecule has 1 amide bonds. The van der Waals surface area contributed by atoms with Gasteiger partial charge in [0.15, 0.2) is 5.75 Å². The van der Waals surface area contributed by atoms with Crippen LogP contribution in [0.2, 0.25) is 0 Å². The third-order valence-corrected chi connectivity index (χ3v) is 5.16. The number of anilines is 3. The van der Waals surface area contributed by atoms with Crippen LogP contribution in [0.4, 0.5) is 17.3 Å². The molecule has 0 saturated carbocycles. The van der Waals surface area contributed by atoms with Crippen LogP contribution in [0.15, 0.2) is 54.7 Å². The van der Waals surface area contributed by atoms with E-state index in [1.165, 1.54) is 0 Å². The highest BCUT2D eigenvalue weighted by molar-refractivity contribution is 5.94. The van der Waals surface area contributed by atoms with Gasteiger partial charge >= 0.3 is 0 Å². The molecule has 1 fully saturated rings. The van der Waals surface area contributed by atoms with E-state index in [1.54, 1.807) is 25.4 Å². The molecule has 2 heterocycles. The lowest BCUT2D eigenvalue weighted by atomic mass is 10.1. The van der Waals surface area contributed by atoms with Crippen molar-refractivity contribution < 1.29 is 14.3 Å². The number of carbonyl (C=O) groups excluding carboxylic acids is 1. The van der Waals surface area contributed by atoms with Crippen LogP contribution in [0.25, 0.3) is 11.3 Å². The highest BCUT2D eigenvalue weighted by Gasteiger charge is 2.13. The molecule has 1 aliphatic rings. The van der Waals surface area contributed by atoms with E-state index in [4.69, 9.17) is 15.2 Å². The molecular formula is C23H26N6O3. The number of nitrogens with two attached hydrogens (primary N) is 1. The van der Waals surface area contributed by atoms with Gasteiger partial charge in [-0.15, -0.1) is 0 Å². The van der Waals surface area contributed by atoms with Crippen LogP contribution in [0.1, 0.15) is 10.4 Å². The lowest BCUT2D eigenvalue weighted by Gasteiger charge is -2.28. The number of ether oxygens (including phenoxy) is 2. The van der Waals surface area contributed by atoms with Crippen LogP contribution in [0, 0.1) is 0 Å². The van der Waals surface area contributed by atoms with Gasteiger partial charge in [0.25, 0.3) is 5.91 Å². The van der Waals surface area contributed by atoms with Gasteiger partial charge in [0.05, 0.1) is 33.2 Å². The van der Waals surface area contributed by atoms with Crippen molar-refractivity contribution >= 4 is 23.2 Å². The summed E-state index contributed by atoms with van der Waals surface area (Å²) in [5, 5.41) is 5.82. The normalized spacial score (nSPS) is 13.5. The fourth-order valence-corrected chi connectivity index (χ4v) is 3.47. The summed E-state index contributed by atoms with van der Waals surface area (Å²) >= 11 is 0. The number of methoxy groups -OCH3 is 1. The second kappa shape index (κ2) is 10.1. The number of carbonyl (C=O) groups is 1. The van der Waals surface area contributed by atoms with Crippen LogP contribution in [0.3, 0.4) is 0 Å². The molecule has 4 N–H and O–H groups in total. The Bertz CT molecular complexity index is 1050. The van der Waals surface area contributed by atoms with Crippen molar-refractivity contribution in [3.63, 3.8) is 0 Å². The highest BCUT2D eigenvalue weighted by Crippen LogP contribution is 2.29. The molecule has 0 unspecified atom stereocenters. The van der Waals surface area contributed by atoms with Gasteiger partial charge in [-0.3, -0.25) is 4.79 Å². The van der Waals surface area contributed by atoms with Gasteiger partial charge in [-0.05, 0) is 36.4 Å². The fourth-order valence-electron chi connectivity index (χ4n) is 3.47. The van der Waals surface area contributed by atoms with Crippen LogP contribution < -0.4 is 26.0 Å². The number of amides is 1. The number of aromatic nitrogens is 2. The molecule has 0 bridgehead atoms. The zero-order valence-electron chi connectivity index (χ0n) is 17.9. The lowest BCUT2D eigenvalue weighted by Crippen LogP contribution is -2.36. The van der Waals surface area contributed by atoms with Crippen LogP contribution in [-0.4, -0.2) is 56.0 Å². The zero-order valence-corrected chi connectivity index (χ0v) is 17.9. The summed E-state index contributed by atoms with van der Waals surface area (Å²) in [6, 6.07) is 15.2. The first kappa shape index (κ1) is 21.5. The third kappa shape index (κ3) is 4.96. The molecule has 1 aromatic heterocycles. The van der Waals surface area contributed by atoms with Gasteiger partial charge in [0, 0.05) is 35.6 Å². The van der Waals surface area contributed by atoms with Gasteiger partial charge in [-0.25, -0.2) is 9.97 Å². The molecular weight excluding hydrogens is 408 g/mol. The number of nitrogens with zero attached hydrogens (tertiary/aromatic N) is 3. The van der Waals surface area contributed by atoms with E-state index in [1.807, 2.05) is 24.3 Å². The molecule has 1 saturated heterocycles. The van der Waals surface area contributed by atoms with E-state index in [0.717, 1.165) is 43.2 Å². The maximum absolute atomic E-state index is 11.9. The second-order valence-electron chi connectivity index (χ2n) is 7.17. The number of hydrogen-bond acceptors (Lipinski definition) is 8. The third-order valence-electron chi connectivity index (χ3n) is 5.16. The smallest absolute Gasteiger partial charge is 0.252 e. The van der Waals surface area contributed by atoms with E-state index in [-0.39, 0.29) is 12.6 Å². The Kier molecular flexibility index (Phi) is 6.78. The minimum Gasteiger partial charge on any atom is -0.493 e. The summed E-state index contributed by atoms with van der Waals surface area (Å²) in [6.07, 6.45) is 1.63. The molecule has 4 rings (SSSR count). The molecule has 2 aromatic carbocycles. The first-order valence-electron chi connectivity index (χ1n) is 10.4. The summed E-state index contributed by atoms with van der Waals surface area (Å²) in [5.74, 6) is 0.763. The maximum atomic E-state index is 11.9. The van der Waals surface area contributed by atoms with Gasteiger partial charge in [-0.1, -0.05) is 12.1 Å². The monoisotopic (exact) mass is 434 g/mol. The molecule has 32 heavy (non-hydrogen) atoms. The van der Waals surface area contributed by atoms with Gasteiger partial charge < -0.3 is 30.7 Å². The molecule has 0 aliphatic carbocycles. The largest absolute Gasteiger partial charge is 0.493 e. The quantitative estimate of drug-likeness (QED) is 0.486. The summed E-state index contributed by atoms with van der Waals surface area (Å²) in [5.41, 5.74) is 9.36. The summed E-state index contributed by atoms with van der Waals surface area (Å²) in [4.78, 5) is 23.2. The topological polar surface area (TPSA) is 115 Å². The van der Waals surface area contributed by atoms with E-state index < -0.39 is 0 Å². The number of hydrogen-bond donors (Lipinski definition) is 3. The fraction of sp³-hybridized carbons (Fsp3) is 0.261. The summed E-state index contributed by atoms with van der Waals surface area (Å²) < 4.78 is 10.9. The molecule has 9 heteroatoms. The summed E-state index contributed by atoms with van der Waals surface area (Å²) in [7, 11) is 1.57. The van der Waals surface area contributed by atoms with Gasteiger partial charge in [0.2, 0.25) is 5.95 Å². The van der Waals surface area contributed by atoms with Crippen molar-refractivity contribution in [2.24, 2.45) is 5.73 Å². The van der Waals surface area contributed by atoms with Crippen molar-refractivity contribution in [2.45, 2.75) is 0 Å². The average molecular weight is 435 g/mol. The molecule has 0 spiro atoms. The van der Waals surface area contributed by atoms with Crippen molar-refractivity contribution in [2.75, 3.05) is 50.3 Å². The van der Waals surface area contributed by atoms with Crippen molar-refractivity contribution in [1.29, 1.82) is 0 Å². The average Bonchev–Trinajstić information content (AvgIpc) is 2.85. The number of nitrogens with one attached hydrogen (secondary N) is 2. The molecule has 3 aromatic rings. The SMILES string of the molecule is COc1cnc(Nc2ccc(N3CCOCC3)cc2)nc1-c1ccc(C(=O)NCN)cc1. The van der Waals surface area contributed by atoms with Gasteiger partial charge in [0.1, 0.15) is 5.69 Å². The van der Waals surface area contributed by atoms with Crippen molar-refractivity contribution in [1.82, 2.24) is 15.3 Å². The Morgan fingerprint density at radius 2 is 1.84 bits per heavy atom. The number of morpholine rings is 1. The molecule has 9 nitrogen and oxygen atoms in total. The van der Waals surface area contributed by atoms with Crippen LogP contribution in [0.5, 0.6) is 5.75 Å². The minimum atomic E-state index is -0.225. The van der Waals surface area contributed by atoms with E-state index in [9.17, 15) is 4.79 Å². The Balaban J connectivity index is 1.52. The highest BCUT2D eigenvalue weighted by atomic mass is 16.5. The summed E-state index contributed by atoms with van der Waals surface area (Å²) in [6.45, 7) is 3.37. The predicted molar refractivity (Wildman–Crippen MR) is 123 cm³/mol. The maximum Gasteiger partial charge on any atom is 0.252 e. The number of rotatable bonds is 7. The van der Waals surface area contributed by atoms with Crippen molar-refractivity contribution in [3.8, 4) is 17.0 Å². The standard InChI is InChI=1S/C23H26N6O3/c1-31-20-14-25-23(27-18-6-8-19(9-7-18)29-10-12-32-13-11-29)28-21(20)16-2-4-17(5-3-16)22(30)26-15-24/h2-9,14H,10-13,15,24H2,1H3,(H,26,30)(H,25,27,28). The Morgan fingerprint density at radius 1 is 1.12 bits per heavy atom. The lowest BCUT2D eigenvalue weighted by molar-refractivity contribution is 0.0955. The zero-order chi connectivity index (χ0) is 22.3. The molecule has 166 valence electrons. The second-order valence-corrected chi connectivity index (χ2v) is 7.17. The Labute approximate surface area is 186 Å². The molecule has 0 radical (unpaired) electrons. The van der Waals surface area contributed by atoms with Crippen LogP contribution >= 0.6 is 0 Å². The Morgan fingerprint density at radius 3 is 2.50 bits per heavy atom. The van der Waals surface area contributed by atoms with Crippen LogP contribution in [-0.2, 0) is 4.74 Å². The first-order valence-corrected chi connectivity index (χ1v) is 10.4. The predicted octanol–water partition coefficient (Wildman–Crippen LogP) is 2.38. The van der Waals surface area contributed by atoms with Gasteiger partial charge in [-0.2, -0.15) is 0 Å². The number of benzene rings is 2. The van der Waals surface area contributed by atoms with E-state index in [0.29, 0.717) is 23.0 Å². The van der Waals surface area contributed by atoms with Crippen molar-refractivity contribution in [3.05, 3.63) is 60.3 Å².